The van der Waals surface area contributed by atoms with Gasteiger partial charge in [0.05, 0.1) is 6.54 Å². The van der Waals surface area contributed by atoms with E-state index in [2.05, 4.69) is 21.2 Å². The van der Waals surface area contributed by atoms with Gasteiger partial charge in [-0.25, -0.2) is 0 Å². The van der Waals surface area contributed by atoms with Crippen LogP contribution in [0.2, 0.25) is 0 Å². The van der Waals surface area contributed by atoms with E-state index in [4.69, 9.17) is 0 Å². The van der Waals surface area contributed by atoms with Crippen LogP contribution >= 0.6 is 15.9 Å². The molecule has 0 spiro atoms. The zero-order valence-corrected chi connectivity index (χ0v) is 11.1. The van der Waals surface area contributed by atoms with E-state index in [1.165, 1.54) is 12.1 Å². The number of amides is 2. The summed E-state index contributed by atoms with van der Waals surface area (Å²) >= 11 is 3.19. The lowest BCUT2D eigenvalue weighted by molar-refractivity contribution is -0.137. The first-order valence-corrected chi connectivity index (χ1v) is 5.94. The number of carbonyl (C=O) groups excluding carboxylic acids is 2. The molecule has 1 rings (SSSR count). The minimum Gasteiger partial charge on any atom is -0.345 e. The van der Waals surface area contributed by atoms with E-state index in [0.29, 0.717) is 5.56 Å². The van der Waals surface area contributed by atoms with Gasteiger partial charge in [0.25, 0.3) is 5.91 Å². The summed E-state index contributed by atoms with van der Waals surface area (Å²) in [4.78, 5) is 22.6. The van der Waals surface area contributed by atoms with Gasteiger partial charge in [-0.2, -0.15) is 13.2 Å². The number of benzene rings is 1. The van der Waals surface area contributed by atoms with Gasteiger partial charge in [0.15, 0.2) is 0 Å². The molecule has 0 aliphatic carbocycles. The molecule has 0 saturated carbocycles. The molecule has 0 unspecified atom stereocenters. The Bertz CT molecular complexity index is 460. The van der Waals surface area contributed by atoms with Crippen molar-refractivity contribution in [3.8, 4) is 0 Å². The molecule has 2 amide bonds. The summed E-state index contributed by atoms with van der Waals surface area (Å²) in [6, 6.07) is 6.32. The third-order valence-electron chi connectivity index (χ3n) is 2.00. The lowest BCUT2D eigenvalue weighted by Gasteiger charge is -2.09. The first kappa shape index (κ1) is 15.5. The molecule has 19 heavy (non-hydrogen) atoms. The lowest BCUT2D eigenvalue weighted by Crippen LogP contribution is -2.40. The Labute approximate surface area is 115 Å². The second-order valence-corrected chi connectivity index (χ2v) is 4.50. The Morgan fingerprint density at radius 2 is 1.68 bits per heavy atom. The number of carbonyl (C=O) groups is 2. The Kier molecular flexibility index (Phi) is 5.34. The van der Waals surface area contributed by atoms with Gasteiger partial charge in [-0.1, -0.05) is 15.9 Å². The largest absolute Gasteiger partial charge is 0.405 e. The van der Waals surface area contributed by atoms with Gasteiger partial charge < -0.3 is 10.6 Å². The molecule has 0 saturated heterocycles. The van der Waals surface area contributed by atoms with Crippen LogP contribution in [0.4, 0.5) is 13.2 Å². The summed E-state index contributed by atoms with van der Waals surface area (Å²) in [6.07, 6.45) is -4.47. The fourth-order valence-electron chi connectivity index (χ4n) is 1.13. The third kappa shape index (κ3) is 6.23. The van der Waals surface area contributed by atoms with Gasteiger partial charge in [0.2, 0.25) is 5.91 Å². The molecule has 0 aliphatic rings. The quantitative estimate of drug-likeness (QED) is 0.880. The summed E-state index contributed by atoms with van der Waals surface area (Å²) in [5.74, 6) is -1.43. The van der Waals surface area contributed by atoms with E-state index < -0.39 is 31.1 Å². The number of hydrogen-bond acceptors (Lipinski definition) is 2. The van der Waals surface area contributed by atoms with Crippen molar-refractivity contribution in [2.45, 2.75) is 6.18 Å². The van der Waals surface area contributed by atoms with Crippen molar-refractivity contribution in [2.24, 2.45) is 0 Å². The lowest BCUT2D eigenvalue weighted by atomic mass is 10.2. The van der Waals surface area contributed by atoms with Gasteiger partial charge in [-0.05, 0) is 24.3 Å². The van der Waals surface area contributed by atoms with Crippen molar-refractivity contribution in [3.63, 3.8) is 0 Å². The maximum Gasteiger partial charge on any atom is 0.405 e. The standard InChI is InChI=1S/C11H10BrF3N2O2/c12-8-3-1-7(2-4-8)10(19)16-5-9(18)17-6-11(13,14)15/h1-4H,5-6H2,(H,16,19)(H,17,18). The van der Waals surface area contributed by atoms with Crippen LogP contribution in [0.1, 0.15) is 10.4 Å². The fraction of sp³-hybridized carbons (Fsp3) is 0.273. The zero-order valence-electron chi connectivity index (χ0n) is 9.55. The van der Waals surface area contributed by atoms with E-state index in [1.54, 1.807) is 17.4 Å². The summed E-state index contributed by atoms with van der Waals surface area (Å²) in [6.45, 7) is -1.93. The second kappa shape index (κ2) is 6.55. The molecular weight excluding hydrogens is 329 g/mol. The van der Waals surface area contributed by atoms with Crippen molar-refractivity contribution >= 4 is 27.7 Å². The van der Waals surface area contributed by atoms with E-state index in [9.17, 15) is 22.8 Å². The van der Waals surface area contributed by atoms with Gasteiger partial charge in [0.1, 0.15) is 6.54 Å². The molecular formula is C11H10BrF3N2O2. The van der Waals surface area contributed by atoms with Crippen LogP contribution in [0.15, 0.2) is 28.7 Å². The Morgan fingerprint density at radius 3 is 2.21 bits per heavy atom. The van der Waals surface area contributed by atoms with E-state index in [1.807, 2.05) is 0 Å². The maximum absolute atomic E-state index is 11.8. The highest BCUT2D eigenvalue weighted by Gasteiger charge is 2.27. The van der Waals surface area contributed by atoms with Crippen LogP contribution in [-0.2, 0) is 4.79 Å². The van der Waals surface area contributed by atoms with E-state index >= 15 is 0 Å². The third-order valence-corrected chi connectivity index (χ3v) is 2.53. The molecule has 0 aromatic heterocycles. The molecule has 1 aromatic carbocycles. The molecule has 1 aromatic rings. The minimum atomic E-state index is -4.47. The molecule has 0 aliphatic heterocycles. The molecule has 0 bridgehead atoms. The normalized spacial score (nSPS) is 10.9. The summed E-state index contributed by atoms with van der Waals surface area (Å²) in [5, 5.41) is 3.87. The van der Waals surface area contributed by atoms with Crippen LogP contribution in [0.5, 0.6) is 0 Å². The summed E-state index contributed by atoms with van der Waals surface area (Å²) in [5.41, 5.74) is 0.312. The van der Waals surface area contributed by atoms with Gasteiger partial charge in [0, 0.05) is 10.0 Å². The van der Waals surface area contributed by atoms with Crippen molar-refractivity contribution in [1.29, 1.82) is 0 Å². The average molecular weight is 339 g/mol. The molecule has 104 valence electrons. The van der Waals surface area contributed by atoms with Crippen LogP contribution < -0.4 is 10.6 Å². The van der Waals surface area contributed by atoms with E-state index in [0.717, 1.165) is 4.47 Å². The van der Waals surface area contributed by atoms with E-state index in [-0.39, 0.29) is 0 Å². The molecule has 0 heterocycles. The predicted molar refractivity (Wildman–Crippen MR) is 65.5 cm³/mol. The van der Waals surface area contributed by atoms with Crippen molar-refractivity contribution in [1.82, 2.24) is 10.6 Å². The highest BCUT2D eigenvalue weighted by molar-refractivity contribution is 9.10. The van der Waals surface area contributed by atoms with Crippen LogP contribution in [0, 0.1) is 0 Å². The maximum atomic E-state index is 11.8. The number of halogens is 4. The van der Waals surface area contributed by atoms with Crippen LogP contribution in [0.25, 0.3) is 0 Å². The van der Waals surface area contributed by atoms with Crippen molar-refractivity contribution in [3.05, 3.63) is 34.3 Å². The predicted octanol–water partition coefficient (Wildman–Crippen LogP) is 1.86. The molecule has 2 N–H and O–H groups in total. The summed E-state index contributed by atoms with van der Waals surface area (Å²) in [7, 11) is 0. The number of hydrogen-bond donors (Lipinski definition) is 2. The molecule has 8 heteroatoms. The molecule has 0 radical (unpaired) electrons. The first-order chi connectivity index (χ1) is 8.78. The Hall–Kier alpha value is -1.57. The number of rotatable bonds is 4. The first-order valence-electron chi connectivity index (χ1n) is 5.15. The summed E-state index contributed by atoms with van der Waals surface area (Å²) < 4.78 is 36.2. The smallest absolute Gasteiger partial charge is 0.345 e. The minimum absolute atomic E-state index is 0.312. The average Bonchev–Trinajstić information content (AvgIpc) is 2.33. The van der Waals surface area contributed by atoms with Gasteiger partial charge in [-0.15, -0.1) is 0 Å². The second-order valence-electron chi connectivity index (χ2n) is 3.58. The fourth-order valence-corrected chi connectivity index (χ4v) is 1.39. The Morgan fingerprint density at radius 1 is 1.11 bits per heavy atom. The zero-order chi connectivity index (χ0) is 14.5. The highest BCUT2D eigenvalue weighted by Crippen LogP contribution is 2.12. The van der Waals surface area contributed by atoms with Crippen LogP contribution in [0.3, 0.4) is 0 Å². The highest BCUT2D eigenvalue weighted by atomic mass is 79.9. The molecule has 0 atom stereocenters. The van der Waals surface area contributed by atoms with Gasteiger partial charge >= 0.3 is 6.18 Å². The monoisotopic (exact) mass is 338 g/mol. The van der Waals surface area contributed by atoms with Crippen molar-refractivity contribution in [2.75, 3.05) is 13.1 Å². The molecule has 0 fully saturated rings. The number of nitrogens with one attached hydrogen (secondary N) is 2. The topological polar surface area (TPSA) is 58.2 Å². The van der Waals surface area contributed by atoms with Crippen LogP contribution in [-0.4, -0.2) is 31.1 Å². The Balaban J connectivity index is 2.38. The molecule has 4 nitrogen and oxygen atoms in total. The SMILES string of the molecule is O=C(CNC(=O)c1ccc(Br)cc1)NCC(F)(F)F. The number of alkyl halides is 3. The van der Waals surface area contributed by atoms with Gasteiger partial charge in [-0.3, -0.25) is 9.59 Å². The van der Waals surface area contributed by atoms with Crippen molar-refractivity contribution < 1.29 is 22.8 Å².